The van der Waals surface area contributed by atoms with Gasteiger partial charge in [0.1, 0.15) is 5.82 Å². The molecule has 2 amide bonds. The number of hydrogen-bond acceptors (Lipinski definition) is 3. The van der Waals surface area contributed by atoms with Gasteiger partial charge < -0.3 is 15.1 Å². The molecule has 166 valence electrons. The number of urea groups is 1. The maximum Gasteiger partial charge on any atom is 0.416 e. The van der Waals surface area contributed by atoms with E-state index in [2.05, 4.69) is 10.5 Å². The van der Waals surface area contributed by atoms with Crippen LogP contribution in [0.2, 0.25) is 0 Å². The summed E-state index contributed by atoms with van der Waals surface area (Å²) in [5, 5.41) is 6.75. The average Bonchev–Trinajstić information content (AvgIpc) is 3.15. The highest BCUT2D eigenvalue weighted by Crippen LogP contribution is 2.30. The normalized spacial score (nSPS) is 16.1. The smallest absolute Gasteiger partial charge is 0.390 e. The third-order valence-corrected chi connectivity index (χ3v) is 4.64. The molecule has 3 rings (SSSR count). The fourth-order valence-corrected chi connectivity index (χ4v) is 3.23. The maximum atomic E-state index is 13.5. The number of rotatable bonds is 6. The maximum absolute atomic E-state index is 13.5. The summed E-state index contributed by atoms with van der Waals surface area (Å²) in [5.41, 5.74) is 0.701. The molecule has 31 heavy (non-hydrogen) atoms. The minimum atomic E-state index is -4.47. The predicted octanol–water partition coefficient (Wildman–Crippen LogP) is 4.96. The molecule has 0 bridgehead atoms. The highest BCUT2D eigenvalue weighted by molar-refractivity contribution is 6.01. The molecule has 2 aromatic carbocycles. The molecule has 0 fully saturated rings. The Bertz CT molecular complexity index is 960. The number of hydrogen-bond donors (Lipinski definition) is 1. The molecular formula is C22H23F4N3O2. The second-order valence-corrected chi connectivity index (χ2v) is 7.66. The van der Waals surface area contributed by atoms with E-state index < -0.39 is 29.7 Å². The number of nitrogens with zero attached hydrogens (tertiary/aromatic N) is 2. The van der Waals surface area contributed by atoms with Crippen LogP contribution >= 0.6 is 0 Å². The van der Waals surface area contributed by atoms with Crippen LogP contribution in [0.15, 0.2) is 53.7 Å². The van der Waals surface area contributed by atoms with E-state index in [1.165, 1.54) is 29.2 Å². The molecule has 0 saturated heterocycles. The molecule has 0 unspecified atom stereocenters. The van der Waals surface area contributed by atoms with Gasteiger partial charge in [0.2, 0.25) is 0 Å². The van der Waals surface area contributed by atoms with Crippen LogP contribution in [0, 0.1) is 5.82 Å². The lowest BCUT2D eigenvalue weighted by molar-refractivity contribution is -0.137. The van der Waals surface area contributed by atoms with Gasteiger partial charge in [0.05, 0.1) is 17.8 Å². The van der Waals surface area contributed by atoms with Crippen LogP contribution in [-0.2, 0) is 17.6 Å². The van der Waals surface area contributed by atoms with E-state index in [0.29, 0.717) is 23.3 Å². The fraction of sp³-hybridized carbons (Fsp3) is 0.364. The molecule has 0 aliphatic carbocycles. The van der Waals surface area contributed by atoms with E-state index >= 15 is 0 Å². The lowest BCUT2D eigenvalue weighted by atomic mass is 10.0. The number of halogens is 4. The van der Waals surface area contributed by atoms with Crippen molar-refractivity contribution in [2.45, 2.75) is 45.1 Å². The Hall–Kier alpha value is -3.10. The summed E-state index contributed by atoms with van der Waals surface area (Å²) in [5.74, 6) is -0.397. The van der Waals surface area contributed by atoms with Crippen molar-refractivity contribution in [3.8, 4) is 0 Å². The molecule has 2 aromatic rings. The first-order valence-corrected chi connectivity index (χ1v) is 9.82. The largest absolute Gasteiger partial charge is 0.416 e. The number of oxime groups is 1. The van der Waals surface area contributed by atoms with Gasteiger partial charge in [-0.1, -0.05) is 29.4 Å². The van der Waals surface area contributed by atoms with Gasteiger partial charge in [0, 0.05) is 24.6 Å². The highest BCUT2D eigenvalue weighted by atomic mass is 19.4. The van der Waals surface area contributed by atoms with Crippen molar-refractivity contribution in [1.29, 1.82) is 0 Å². The van der Waals surface area contributed by atoms with Crippen LogP contribution < -0.4 is 5.32 Å². The third kappa shape index (κ3) is 6.19. The van der Waals surface area contributed by atoms with E-state index in [4.69, 9.17) is 4.84 Å². The van der Waals surface area contributed by atoms with Crippen molar-refractivity contribution >= 4 is 11.7 Å². The van der Waals surface area contributed by atoms with Gasteiger partial charge >= 0.3 is 12.2 Å². The molecular weight excluding hydrogens is 414 g/mol. The Morgan fingerprint density at radius 3 is 2.65 bits per heavy atom. The first-order chi connectivity index (χ1) is 14.6. The van der Waals surface area contributed by atoms with Gasteiger partial charge in [0.15, 0.2) is 6.10 Å². The third-order valence-electron chi connectivity index (χ3n) is 4.64. The molecule has 1 aliphatic heterocycles. The first kappa shape index (κ1) is 22.6. The van der Waals surface area contributed by atoms with Gasteiger partial charge in [-0.2, -0.15) is 13.2 Å². The lowest BCUT2D eigenvalue weighted by Gasteiger charge is -2.26. The summed E-state index contributed by atoms with van der Waals surface area (Å²) in [6.07, 6.45) is -4.62. The molecule has 0 aromatic heterocycles. The van der Waals surface area contributed by atoms with Crippen molar-refractivity contribution in [2.75, 3.05) is 6.54 Å². The van der Waals surface area contributed by atoms with Gasteiger partial charge in [-0.05, 0) is 43.7 Å². The van der Waals surface area contributed by atoms with E-state index in [0.717, 1.165) is 12.1 Å². The molecule has 1 N–H and O–H groups in total. The Morgan fingerprint density at radius 2 is 1.97 bits per heavy atom. The lowest BCUT2D eigenvalue weighted by Crippen LogP contribution is -2.45. The van der Waals surface area contributed by atoms with Crippen molar-refractivity contribution in [3.05, 3.63) is 71.0 Å². The standard InChI is InChI=1S/C22H23F4N3O2/c1-14(2)27-21(30)29(12-15-5-3-7-17(9-15)22(24,25)26)13-19-11-20(28-31-19)16-6-4-8-18(23)10-16/h3-10,14,19H,11-13H2,1-2H3,(H,27,30)/t19-/m1/s1. The number of alkyl halides is 3. The number of nitrogens with one attached hydrogen (secondary N) is 1. The molecule has 1 aliphatic rings. The van der Waals surface area contributed by atoms with Crippen molar-refractivity contribution in [1.82, 2.24) is 10.2 Å². The zero-order valence-electron chi connectivity index (χ0n) is 17.1. The second kappa shape index (κ2) is 9.36. The SMILES string of the molecule is CC(C)NC(=O)N(Cc1cccc(C(F)(F)F)c1)C[C@H]1CC(c2cccc(F)c2)=NO1. The Kier molecular flexibility index (Phi) is 6.82. The van der Waals surface area contributed by atoms with Crippen LogP contribution in [0.25, 0.3) is 0 Å². The van der Waals surface area contributed by atoms with Gasteiger partial charge in [-0.15, -0.1) is 0 Å². The predicted molar refractivity (Wildman–Crippen MR) is 108 cm³/mol. The number of carbonyl (C=O) groups is 1. The van der Waals surface area contributed by atoms with Crippen molar-refractivity contribution in [2.24, 2.45) is 5.16 Å². The fourth-order valence-electron chi connectivity index (χ4n) is 3.23. The van der Waals surface area contributed by atoms with Crippen LogP contribution in [0.4, 0.5) is 22.4 Å². The number of carbonyl (C=O) groups excluding carboxylic acids is 1. The molecule has 5 nitrogen and oxygen atoms in total. The molecule has 1 atom stereocenters. The van der Waals surface area contributed by atoms with Crippen LogP contribution in [0.5, 0.6) is 0 Å². The average molecular weight is 437 g/mol. The Labute approximate surface area is 177 Å². The summed E-state index contributed by atoms with van der Waals surface area (Å²) in [4.78, 5) is 19.5. The monoisotopic (exact) mass is 437 g/mol. The molecule has 0 spiro atoms. The van der Waals surface area contributed by atoms with Crippen LogP contribution in [0.3, 0.4) is 0 Å². The Balaban J connectivity index is 1.72. The highest BCUT2D eigenvalue weighted by Gasteiger charge is 2.31. The number of benzene rings is 2. The van der Waals surface area contributed by atoms with Crippen molar-refractivity contribution < 1.29 is 27.2 Å². The molecule has 9 heteroatoms. The van der Waals surface area contributed by atoms with Crippen molar-refractivity contribution in [3.63, 3.8) is 0 Å². The quantitative estimate of drug-likeness (QED) is 0.650. The minimum Gasteiger partial charge on any atom is -0.390 e. The summed E-state index contributed by atoms with van der Waals surface area (Å²) in [6, 6.07) is 10.2. The zero-order valence-corrected chi connectivity index (χ0v) is 17.1. The summed E-state index contributed by atoms with van der Waals surface area (Å²) in [7, 11) is 0. The Morgan fingerprint density at radius 1 is 1.23 bits per heavy atom. The van der Waals surface area contributed by atoms with Crippen LogP contribution in [0.1, 0.15) is 37.0 Å². The van der Waals surface area contributed by atoms with Crippen LogP contribution in [-0.4, -0.2) is 35.3 Å². The van der Waals surface area contributed by atoms with E-state index in [1.807, 2.05) is 0 Å². The molecule has 1 heterocycles. The topological polar surface area (TPSA) is 53.9 Å². The van der Waals surface area contributed by atoms with E-state index in [1.54, 1.807) is 26.0 Å². The van der Waals surface area contributed by atoms with E-state index in [9.17, 15) is 22.4 Å². The first-order valence-electron chi connectivity index (χ1n) is 9.82. The summed E-state index contributed by atoms with van der Waals surface area (Å²) >= 11 is 0. The van der Waals surface area contributed by atoms with E-state index in [-0.39, 0.29) is 19.1 Å². The van der Waals surface area contributed by atoms with Gasteiger partial charge in [-0.3, -0.25) is 0 Å². The second-order valence-electron chi connectivity index (χ2n) is 7.66. The zero-order chi connectivity index (χ0) is 22.6. The summed E-state index contributed by atoms with van der Waals surface area (Å²) < 4.78 is 52.6. The molecule has 0 radical (unpaired) electrons. The summed E-state index contributed by atoms with van der Waals surface area (Å²) in [6.45, 7) is 3.66. The van der Waals surface area contributed by atoms with Gasteiger partial charge in [-0.25, -0.2) is 9.18 Å². The molecule has 0 saturated carbocycles. The number of amides is 2. The minimum absolute atomic E-state index is 0.0301. The van der Waals surface area contributed by atoms with Gasteiger partial charge in [0.25, 0.3) is 0 Å².